The summed E-state index contributed by atoms with van der Waals surface area (Å²) < 4.78 is 0. The number of benzene rings is 1. The summed E-state index contributed by atoms with van der Waals surface area (Å²) in [4.78, 5) is 24.9. The van der Waals surface area contributed by atoms with Gasteiger partial charge in [-0.1, -0.05) is 116 Å². The highest BCUT2D eigenvalue weighted by Crippen LogP contribution is 2.22. The Hall–Kier alpha value is -2.10. The van der Waals surface area contributed by atoms with E-state index in [-0.39, 0.29) is 11.5 Å². The number of unbranched alkanes of at least 4 members (excludes halogenated alkanes) is 11. The predicted octanol–water partition coefficient (Wildman–Crippen LogP) is 8.57. The summed E-state index contributed by atoms with van der Waals surface area (Å²) in [6.45, 7) is 9.09. The van der Waals surface area contributed by atoms with Crippen molar-refractivity contribution in [3.63, 3.8) is 0 Å². The van der Waals surface area contributed by atoms with Crippen LogP contribution in [0, 0.1) is 12.8 Å². The Kier molecular flexibility index (Phi) is 16.1. The third-order valence-electron chi connectivity index (χ3n) is 6.40. The second-order valence-electron chi connectivity index (χ2n) is 10.0. The Balaban J connectivity index is 2.53. The number of carbonyl (C=O) groups excluding carboxylic acids is 1. The van der Waals surface area contributed by atoms with E-state index in [1.807, 2.05) is 24.3 Å². The minimum atomic E-state index is -1.05. The molecule has 0 spiro atoms. The predicted molar refractivity (Wildman–Crippen MR) is 145 cm³/mol. The molecule has 2 N–H and O–H groups in total. The maximum absolute atomic E-state index is 12.9. The van der Waals surface area contributed by atoms with Crippen LogP contribution in [-0.4, -0.2) is 23.5 Å². The van der Waals surface area contributed by atoms with Gasteiger partial charge in [-0.05, 0) is 43.2 Å². The highest BCUT2D eigenvalue weighted by Gasteiger charge is 2.21. The topological polar surface area (TPSA) is 66.4 Å². The van der Waals surface area contributed by atoms with Gasteiger partial charge >= 0.3 is 5.97 Å². The number of carbonyl (C=O) groups is 2. The van der Waals surface area contributed by atoms with Crippen LogP contribution < -0.4 is 5.32 Å². The Labute approximate surface area is 208 Å². The SMILES string of the molecule is CCCCCCCCCCCCNC(=O)c1c(C)ccc(C=CCCCCC(C)C)c1C(=O)O. The first-order chi connectivity index (χ1) is 16.4. The van der Waals surface area contributed by atoms with Gasteiger partial charge in [-0.2, -0.15) is 0 Å². The van der Waals surface area contributed by atoms with Crippen LogP contribution in [0.3, 0.4) is 0 Å². The minimum Gasteiger partial charge on any atom is -0.478 e. The Morgan fingerprint density at radius 3 is 2.09 bits per heavy atom. The van der Waals surface area contributed by atoms with E-state index < -0.39 is 5.97 Å². The van der Waals surface area contributed by atoms with Gasteiger partial charge in [0.1, 0.15) is 0 Å². The van der Waals surface area contributed by atoms with Gasteiger partial charge in [-0.15, -0.1) is 0 Å². The average Bonchev–Trinajstić information content (AvgIpc) is 2.79. The highest BCUT2D eigenvalue weighted by atomic mass is 16.4. The Morgan fingerprint density at radius 1 is 0.882 bits per heavy atom. The number of hydrogen-bond donors (Lipinski definition) is 2. The molecule has 0 saturated carbocycles. The van der Waals surface area contributed by atoms with Gasteiger partial charge in [0, 0.05) is 6.54 Å². The van der Waals surface area contributed by atoms with Gasteiger partial charge in [0.15, 0.2) is 0 Å². The number of carboxylic acid groups (broad SMARTS) is 1. The quantitative estimate of drug-likeness (QED) is 0.199. The van der Waals surface area contributed by atoms with Crippen molar-refractivity contribution in [3.05, 3.63) is 40.5 Å². The van der Waals surface area contributed by atoms with Crippen LogP contribution in [0.25, 0.3) is 6.08 Å². The van der Waals surface area contributed by atoms with E-state index >= 15 is 0 Å². The van der Waals surface area contributed by atoms with E-state index in [2.05, 4.69) is 26.1 Å². The molecule has 0 unspecified atom stereocenters. The summed E-state index contributed by atoms with van der Waals surface area (Å²) in [6.07, 6.45) is 20.7. The molecule has 1 amide bonds. The van der Waals surface area contributed by atoms with Crippen molar-refractivity contribution >= 4 is 18.0 Å². The lowest BCUT2D eigenvalue weighted by Crippen LogP contribution is -2.27. The monoisotopic (exact) mass is 471 g/mol. The molecule has 0 heterocycles. The number of nitrogens with one attached hydrogen (secondary N) is 1. The molecular formula is C30H49NO3. The number of allylic oxidation sites excluding steroid dienone is 1. The second kappa shape index (κ2) is 18.3. The zero-order valence-corrected chi connectivity index (χ0v) is 22.3. The van der Waals surface area contributed by atoms with E-state index in [0.29, 0.717) is 29.2 Å². The van der Waals surface area contributed by atoms with Gasteiger partial charge in [-0.3, -0.25) is 4.79 Å². The van der Waals surface area contributed by atoms with Gasteiger partial charge in [0.25, 0.3) is 5.91 Å². The summed E-state index contributed by atoms with van der Waals surface area (Å²) in [5.41, 5.74) is 1.71. The molecule has 1 aromatic carbocycles. The molecule has 192 valence electrons. The van der Waals surface area contributed by atoms with Crippen LogP contribution in [0.15, 0.2) is 18.2 Å². The molecule has 1 rings (SSSR count). The van der Waals surface area contributed by atoms with Crippen LogP contribution in [0.4, 0.5) is 0 Å². The van der Waals surface area contributed by atoms with Crippen molar-refractivity contribution in [1.29, 1.82) is 0 Å². The van der Waals surface area contributed by atoms with Crippen molar-refractivity contribution < 1.29 is 14.7 Å². The van der Waals surface area contributed by atoms with E-state index in [0.717, 1.165) is 25.7 Å². The van der Waals surface area contributed by atoms with E-state index in [1.165, 1.54) is 64.2 Å². The number of hydrogen-bond acceptors (Lipinski definition) is 2. The van der Waals surface area contributed by atoms with E-state index in [1.54, 1.807) is 6.92 Å². The third-order valence-corrected chi connectivity index (χ3v) is 6.40. The molecule has 0 bridgehead atoms. The standard InChI is InChI=1S/C30H49NO3/c1-5-6-7-8-9-10-11-12-15-18-23-31-29(32)27-25(4)21-22-26(28(27)30(33)34)20-17-14-13-16-19-24(2)3/h17,20-22,24H,5-16,18-19,23H2,1-4H3,(H,31,32)(H,33,34). The fourth-order valence-corrected chi connectivity index (χ4v) is 4.31. The lowest BCUT2D eigenvalue weighted by Gasteiger charge is -2.13. The van der Waals surface area contributed by atoms with Crippen LogP contribution in [0.2, 0.25) is 0 Å². The van der Waals surface area contributed by atoms with Crippen molar-refractivity contribution in [2.45, 2.75) is 118 Å². The number of aromatic carboxylic acids is 1. The average molecular weight is 472 g/mol. The largest absolute Gasteiger partial charge is 0.478 e. The second-order valence-corrected chi connectivity index (χ2v) is 10.0. The highest BCUT2D eigenvalue weighted by molar-refractivity contribution is 6.07. The number of carboxylic acids is 1. The van der Waals surface area contributed by atoms with E-state index in [9.17, 15) is 14.7 Å². The molecule has 34 heavy (non-hydrogen) atoms. The first-order valence-corrected chi connectivity index (χ1v) is 13.7. The summed E-state index contributed by atoms with van der Waals surface area (Å²) in [5, 5.41) is 12.8. The minimum absolute atomic E-state index is 0.110. The van der Waals surface area contributed by atoms with Crippen molar-refractivity contribution in [2.75, 3.05) is 6.54 Å². The first kappa shape index (κ1) is 29.9. The molecular weight excluding hydrogens is 422 g/mol. The molecule has 0 aliphatic rings. The lowest BCUT2D eigenvalue weighted by atomic mass is 9.95. The van der Waals surface area contributed by atoms with Crippen molar-refractivity contribution in [1.82, 2.24) is 5.32 Å². The fourth-order valence-electron chi connectivity index (χ4n) is 4.31. The zero-order chi connectivity index (χ0) is 25.2. The summed E-state index contributed by atoms with van der Waals surface area (Å²) in [7, 11) is 0. The molecule has 0 atom stereocenters. The zero-order valence-electron chi connectivity index (χ0n) is 22.3. The number of amides is 1. The lowest BCUT2D eigenvalue weighted by molar-refractivity contribution is 0.0690. The van der Waals surface area contributed by atoms with Crippen molar-refractivity contribution in [3.8, 4) is 0 Å². The number of aryl methyl sites for hydroxylation is 1. The maximum atomic E-state index is 12.9. The Morgan fingerprint density at radius 2 is 1.50 bits per heavy atom. The fraction of sp³-hybridized carbons (Fsp3) is 0.667. The third kappa shape index (κ3) is 12.4. The normalized spacial score (nSPS) is 11.4. The molecule has 0 aliphatic carbocycles. The van der Waals surface area contributed by atoms with Crippen LogP contribution >= 0.6 is 0 Å². The van der Waals surface area contributed by atoms with Crippen molar-refractivity contribution in [2.24, 2.45) is 5.92 Å². The summed E-state index contributed by atoms with van der Waals surface area (Å²) in [5.74, 6) is -0.619. The number of rotatable bonds is 19. The van der Waals surface area contributed by atoms with Gasteiger partial charge < -0.3 is 10.4 Å². The molecule has 4 heteroatoms. The Bertz CT molecular complexity index is 752. The van der Waals surface area contributed by atoms with E-state index in [4.69, 9.17) is 0 Å². The van der Waals surface area contributed by atoms with Gasteiger partial charge in [0.2, 0.25) is 0 Å². The molecule has 0 aromatic heterocycles. The molecule has 0 saturated heterocycles. The molecule has 0 radical (unpaired) electrons. The first-order valence-electron chi connectivity index (χ1n) is 13.7. The molecule has 0 fully saturated rings. The van der Waals surface area contributed by atoms with Crippen LogP contribution in [0.5, 0.6) is 0 Å². The van der Waals surface area contributed by atoms with Gasteiger partial charge in [0.05, 0.1) is 11.1 Å². The smallest absolute Gasteiger partial charge is 0.337 e. The molecule has 4 nitrogen and oxygen atoms in total. The van der Waals surface area contributed by atoms with Gasteiger partial charge in [-0.25, -0.2) is 4.79 Å². The summed E-state index contributed by atoms with van der Waals surface area (Å²) >= 11 is 0. The molecule has 0 aliphatic heterocycles. The maximum Gasteiger partial charge on any atom is 0.337 e. The molecule has 1 aromatic rings. The van der Waals surface area contributed by atoms with Crippen LogP contribution in [0.1, 0.15) is 143 Å². The summed E-state index contributed by atoms with van der Waals surface area (Å²) in [6, 6.07) is 3.66. The van der Waals surface area contributed by atoms with Crippen LogP contribution in [-0.2, 0) is 0 Å².